The molecule has 6 heteroatoms. The Balaban J connectivity index is 1.86. The van der Waals surface area contributed by atoms with Gasteiger partial charge < -0.3 is 15.1 Å². The number of amides is 1. The summed E-state index contributed by atoms with van der Waals surface area (Å²) in [5.41, 5.74) is 2.24. The maximum absolute atomic E-state index is 12.5. The van der Waals surface area contributed by atoms with E-state index in [9.17, 15) is 19.8 Å². The van der Waals surface area contributed by atoms with Gasteiger partial charge in [-0.25, -0.2) is 0 Å². The highest BCUT2D eigenvalue weighted by atomic mass is 16.3. The third-order valence-electron chi connectivity index (χ3n) is 4.30. The van der Waals surface area contributed by atoms with E-state index >= 15 is 0 Å². The molecule has 6 nitrogen and oxygen atoms in total. The highest BCUT2D eigenvalue weighted by Gasteiger charge is 2.32. The van der Waals surface area contributed by atoms with Gasteiger partial charge in [0.15, 0.2) is 12.2 Å². The molecular formula is C22H20N2O4. The Labute approximate surface area is 162 Å². The Morgan fingerprint density at radius 3 is 2.29 bits per heavy atom. The van der Waals surface area contributed by atoms with Crippen LogP contribution < -0.4 is 0 Å². The highest BCUT2D eigenvalue weighted by Crippen LogP contribution is 2.18. The molecule has 0 aliphatic heterocycles. The molecule has 1 heterocycles. The van der Waals surface area contributed by atoms with Gasteiger partial charge >= 0.3 is 0 Å². The summed E-state index contributed by atoms with van der Waals surface area (Å²) in [6.45, 7) is 0. The van der Waals surface area contributed by atoms with Crippen LogP contribution in [0.3, 0.4) is 0 Å². The van der Waals surface area contributed by atoms with Crippen LogP contribution in [0, 0.1) is 11.8 Å². The van der Waals surface area contributed by atoms with Crippen LogP contribution in [-0.2, 0) is 4.79 Å². The summed E-state index contributed by atoms with van der Waals surface area (Å²) in [5, 5.41) is 20.8. The van der Waals surface area contributed by atoms with Crippen LogP contribution in [0.1, 0.15) is 15.9 Å². The summed E-state index contributed by atoms with van der Waals surface area (Å²) in [5.74, 6) is 4.63. The number of aliphatic hydroxyl groups excluding tert-OH is 2. The van der Waals surface area contributed by atoms with Crippen molar-refractivity contribution in [1.82, 2.24) is 9.47 Å². The number of hydrogen-bond donors (Lipinski definition) is 2. The molecule has 28 heavy (non-hydrogen) atoms. The number of carbonyl (C=O) groups is 2. The molecule has 0 saturated heterocycles. The van der Waals surface area contributed by atoms with Gasteiger partial charge in [0.2, 0.25) is 0 Å². The number of aromatic nitrogens is 1. The third kappa shape index (κ3) is 3.96. The summed E-state index contributed by atoms with van der Waals surface area (Å²) >= 11 is 0. The van der Waals surface area contributed by atoms with Crippen LogP contribution in [0.2, 0.25) is 0 Å². The first-order valence-corrected chi connectivity index (χ1v) is 8.68. The van der Waals surface area contributed by atoms with E-state index in [1.165, 1.54) is 24.9 Å². The van der Waals surface area contributed by atoms with Crippen LogP contribution in [0.25, 0.3) is 10.9 Å². The second-order valence-electron chi connectivity index (χ2n) is 6.54. The van der Waals surface area contributed by atoms with Gasteiger partial charge in [0.1, 0.15) is 0 Å². The molecule has 0 radical (unpaired) electrons. The van der Waals surface area contributed by atoms with Gasteiger partial charge in [-0.1, -0.05) is 30.0 Å². The molecular weight excluding hydrogens is 356 g/mol. The van der Waals surface area contributed by atoms with Gasteiger partial charge in [-0.15, -0.1) is 0 Å². The Hall–Kier alpha value is -3.40. The number of carbonyl (C=O) groups excluding carboxylic acids is 2. The van der Waals surface area contributed by atoms with Gasteiger partial charge in [0, 0.05) is 36.8 Å². The monoisotopic (exact) mass is 376 g/mol. The van der Waals surface area contributed by atoms with E-state index in [-0.39, 0.29) is 0 Å². The van der Waals surface area contributed by atoms with Crippen molar-refractivity contribution in [3.05, 3.63) is 71.9 Å². The molecule has 3 aromatic rings. The predicted molar refractivity (Wildman–Crippen MR) is 106 cm³/mol. The van der Waals surface area contributed by atoms with Crippen molar-refractivity contribution in [2.75, 3.05) is 14.1 Å². The molecule has 2 aromatic carbocycles. The molecule has 142 valence electrons. The first kappa shape index (κ1) is 19.4. The fourth-order valence-corrected chi connectivity index (χ4v) is 2.76. The first-order chi connectivity index (χ1) is 13.4. The zero-order valence-electron chi connectivity index (χ0n) is 15.5. The summed E-state index contributed by atoms with van der Waals surface area (Å²) in [7, 11) is 2.87. The van der Waals surface area contributed by atoms with Crippen LogP contribution in [0.5, 0.6) is 0 Å². The molecule has 0 spiro atoms. The molecule has 2 unspecified atom stereocenters. The van der Waals surface area contributed by atoms with Crippen molar-refractivity contribution in [1.29, 1.82) is 0 Å². The van der Waals surface area contributed by atoms with Gasteiger partial charge in [-0.05, 0) is 36.4 Å². The minimum Gasteiger partial charge on any atom is -0.380 e. The van der Waals surface area contributed by atoms with E-state index in [0.717, 1.165) is 21.4 Å². The maximum atomic E-state index is 12.5. The summed E-state index contributed by atoms with van der Waals surface area (Å²) in [6, 6.07) is 16.6. The minimum atomic E-state index is -1.86. The Morgan fingerprint density at radius 2 is 1.61 bits per heavy atom. The standard InChI is InChI=1S/C22H20N2O4/c1-23(2)21(27)19(25)20(26)22(28)24-13-12-17-14-16(10-11-18(17)24)9-8-15-6-4-3-5-7-15/h3-7,10-14,19-20,25-26H,1-2H3. The van der Waals surface area contributed by atoms with Crippen LogP contribution in [0.4, 0.5) is 0 Å². The Bertz CT molecular complexity index is 1070. The lowest BCUT2D eigenvalue weighted by Gasteiger charge is -2.20. The lowest BCUT2D eigenvalue weighted by atomic mass is 10.1. The van der Waals surface area contributed by atoms with Crippen molar-refractivity contribution >= 4 is 22.7 Å². The van der Waals surface area contributed by atoms with Crippen molar-refractivity contribution in [3.8, 4) is 11.8 Å². The molecule has 0 saturated carbocycles. The van der Waals surface area contributed by atoms with E-state index < -0.39 is 24.0 Å². The van der Waals surface area contributed by atoms with Crippen LogP contribution in [-0.4, -0.2) is 57.8 Å². The molecule has 2 atom stereocenters. The molecule has 2 N–H and O–H groups in total. The SMILES string of the molecule is CN(C)C(=O)C(O)C(O)C(=O)n1ccc2cc(C#Cc3ccccc3)ccc21. The number of aliphatic hydroxyl groups is 2. The zero-order valence-corrected chi connectivity index (χ0v) is 15.5. The van der Waals surface area contributed by atoms with E-state index in [0.29, 0.717) is 5.52 Å². The Morgan fingerprint density at radius 1 is 0.929 bits per heavy atom. The van der Waals surface area contributed by atoms with Crippen molar-refractivity contribution in [2.45, 2.75) is 12.2 Å². The molecule has 3 rings (SSSR count). The Kier molecular flexibility index (Phi) is 5.59. The lowest BCUT2D eigenvalue weighted by Crippen LogP contribution is -2.46. The van der Waals surface area contributed by atoms with E-state index in [1.807, 2.05) is 36.4 Å². The van der Waals surface area contributed by atoms with E-state index in [4.69, 9.17) is 0 Å². The number of fused-ring (bicyclic) bond motifs is 1. The largest absolute Gasteiger partial charge is 0.380 e. The van der Waals surface area contributed by atoms with Crippen LogP contribution in [0.15, 0.2) is 60.8 Å². The number of hydrogen-bond acceptors (Lipinski definition) is 4. The van der Waals surface area contributed by atoms with Gasteiger partial charge in [0.05, 0.1) is 5.52 Å². The van der Waals surface area contributed by atoms with Crippen molar-refractivity contribution in [2.24, 2.45) is 0 Å². The smallest absolute Gasteiger partial charge is 0.263 e. The van der Waals surface area contributed by atoms with Crippen molar-refractivity contribution in [3.63, 3.8) is 0 Å². The van der Waals surface area contributed by atoms with E-state index in [1.54, 1.807) is 18.2 Å². The zero-order chi connectivity index (χ0) is 20.3. The number of benzene rings is 2. The molecule has 1 amide bonds. The second-order valence-corrected chi connectivity index (χ2v) is 6.54. The molecule has 0 aliphatic rings. The van der Waals surface area contributed by atoms with Crippen LogP contribution >= 0.6 is 0 Å². The summed E-state index contributed by atoms with van der Waals surface area (Å²) < 4.78 is 1.22. The molecule has 0 fully saturated rings. The third-order valence-corrected chi connectivity index (χ3v) is 4.30. The lowest BCUT2D eigenvalue weighted by molar-refractivity contribution is -0.142. The normalized spacial score (nSPS) is 12.7. The average molecular weight is 376 g/mol. The van der Waals surface area contributed by atoms with Gasteiger partial charge in [-0.3, -0.25) is 14.2 Å². The minimum absolute atomic E-state index is 0.554. The quantitative estimate of drug-likeness (QED) is 0.679. The average Bonchev–Trinajstić information content (AvgIpc) is 3.13. The number of nitrogens with zero attached hydrogens (tertiary/aromatic N) is 2. The molecule has 1 aromatic heterocycles. The van der Waals surface area contributed by atoms with Crippen molar-refractivity contribution < 1.29 is 19.8 Å². The summed E-state index contributed by atoms with van der Waals surface area (Å²) in [6.07, 6.45) is -2.18. The summed E-state index contributed by atoms with van der Waals surface area (Å²) in [4.78, 5) is 25.5. The molecule has 0 bridgehead atoms. The fraction of sp³-hybridized carbons (Fsp3) is 0.182. The van der Waals surface area contributed by atoms with Gasteiger partial charge in [0.25, 0.3) is 11.8 Å². The number of likely N-dealkylation sites (N-methyl/N-ethyl adjacent to an activating group) is 1. The topological polar surface area (TPSA) is 82.8 Å². The highest BCUT2D eigenvalue weighted by molar-refractivity contribution is 5.98. The van der Waals surface area contributed by atoms with E-state index in [2.05, 4.69) is 11.8 Å². The first-order valence-electron chi connectivity index (χ1n) is 8.68. The predicted octanol–water partition coefficient (Wildman–Crippen LogP) is 1.49. The molecule has 0 aliphatic carbocycles. The maximum Gasteiger partial charge on any atom is 0.263 e. The van der Waals surface area contributed by atoms with Gasteiger partial charge in [-0.2, -0.15) is 0 Å². The second kappa shape index (κ2) is 8.09. The fourth-order valence-electron chi connectivity index (χ4n) is 2.76. The number of rotatable bonds is 3.